The molecule has 3 rings (SSSR count). The molecule has 0 aliphatic carbocycles. The molecular formula is C18H29N3O2. The van der Waals surface area contributed by atoms with Crippen LogP contribution in [-0.4, -0.2) is 64.8 Å². The van der Waals surface area contributed by atoms with Gasteiger partial charge in [-0.2, -0.15) is 0 Å². The van der Waals surface area contributed by atoms with Gasteiger partial charge in [-0.25, -0.2) is 0 Å². The Hall–Kier alpha value is -1.17. The molecule has 2 aliphatic rings. The van der Waals surface area contributed by atoms with Crippen LogP contribution in [0.1, 0.15) is 31.9 Å². The summed E-state index contributed by atoms with van der Waals surface area (Å²) >= 11 is 0. The Morgan fingerprint density at radius 3 is 2.78 bits per heavy atom. The minimum atomic E-state index is -0.299. The average molecular weight is 319 g/mol. The monoisotopic (exact) mass is 319 g/mol. The first kappa shape index (κ1) is 16.7. The van der Waals surface area contributed by atoms with Gasteiger partial charge in [0.15, 0.2) is 0 Å². The lowest BCUT2D eigenvalue weighted by atomic mass is 9.83. The van der Waals surface area contributed by atoms with Crippen LogP contribution < -0.4 is 5.56 Å². The van der Waals surface area contributed by atoms with Crippen molar-refractivity contribution in [1.29, 1.82) is 0 Å². The minimum Gasteiger partial charge on any atom is -0.390 e. The summed E-state index contributed by atoms with van der Waals surface area (Å²) in [6.07, 6.45) is 0.873. The second-order valence-corrected chi connectivity index (χ2v) is 7.06. The zero-order chi connectivity index (χ0) is 16.4. The van der Waals surface area contributed by atoms with Crippen LogP contribution >= 0.6 is 0 Å². The standard InChI is InChI=1S/C18H29N3O2/c1-3-19(4-2)12-16(22)13-20-9-14-8-15(11-20)17-6-5-7-18(23)21(17)10-14/h5-7,14-16,22H,3-4,8-13H2,1-2H3. The van der Waals surface area contributed by atoms with Crippen molar-refractivity contribution in [3.8, 4) is 0 Å². The molecule has 3 atom stereocenters. The number of fused-ring (bicyclic) bond motifs is 4. The van der Waals surface area contributed by atoms with Gasteiger partial charge in [-0.05, 0) is 31.5 Å². The SMILES string of the molecule is CCN(CC)CC(O)CN1CC2CC(C1)c1cccc(=O)n1C2. The van der Waals surface area contributed by atoms with Gasteiger partial charge in [-0.1, -0.05) is 19.9 Å². The fourth-order valence-corrected chi connectivity index (χ4v) is 4.28. The van der Waals surface area contributed by atoms with Crippen molar-refractivity contribution in [1.82, 2.24) is 14.4 Å². The van der Waals surface area contributed by atoms with Crippen molar-refractivity contribution < 1.29 is 5.11 Å². The van der Waals surface area contributed by atoms with Crippen molar-refractivity contribution >= 4 is 0 Å². The molecule has 128 valence electrons. The molecule has 0 aromatic carbocycles. The van der Waals surface area contributed by atoms with E-state index in [4.69, 9.17) is 0 Å². The number of hydrogen-bond acceptors (Lipinski definition) is 4. The van der Waals surface area contributed by atoms with Gasteiger partial charge in [-0.3, -0.25) is 9.69 Å². The minimum absolute atomic E-state index is 0.132. The molecule has 1 aromatic heterocycles. The van der Waals surface area contributed by atoms with E-state index in [2.05, 4.69) is 29.7 Å². The van der Waals surface area contributed by atoms with E-state index >= 15 is 0 Å². The van der Waals surface area contributed by atoms with Crippen molar-refractivity contribution in [3.63, 3.8) is 0 Å². The Bertz CT molecular complexity index is 582. The van der Waals surface area contributed by atoms with Crippen LogP contribution in [0.25, 0.3) is 0 Å². The number of aliphatic hydroxyl groups excluding tert-OH is 1. The van der Waals surface area contributed by atoms with Crippen LogP contribution in [-0.2, 0) is 6.54 Å². The lowest BCUT2D eigenvalue weighted by Gasteiger charge is -2.43. The Morgan fingerprint density at radius 1 is 1.26 bits per heavy atom. The summed E-state index contributed by atoms with van der Waals surface area (Å²) in [7, 11) is 0. The van der Waals surface area contributed by atoms with Crippen molar-refractivity contribution in [2.45, 2.75) is 38.8 Å². The van der Waals surface area contributed by atoms with E-state index in [1.807, 2.05) is 10.6 Å². The summed E-state index contributed by atoms with van der Waals surface area (Å²) in [4.78, 5) is 16.7. The number of likely N-dealkylation sites (tertiary alicyclic amines) is 1. The maximum Gasteiger partial charge on any atom is 0.250 e. The number of aliphatic hydroxyl groups is 1. The third-order valence-corrected chi connectivity index (χ3v) is 5.39. The summed E-state index contributed by atoms with van der Waals surface area (Å²) in [5.74, 6) is 0.957. The molecule has 1 saturated heterocycles. The quantitative estimate of drug-likeness (QED) is 0.849. The van der Waals surface area contributed by atoms with Crippen molar-refractivity contribution in [2.75, 3.05) is 39.3 Å². The van der Waals surface area contributed by atoms with E-state index < -0.39 is 0 Å². The third-order valence-electron chi connectivity index (χ3n) is 5.39. The Morgan fingerprint density at radius 2 is 2.04 bits per heavy atom. The molecular weight excluding hydrogens is 290 g/mol. The van der Waals surface area contributed by atoms with E-state index in [1.54, 1.807) is 6.07 Å². The van der Waals surface area contributed by atoms with Gasteiger partial charge in [0.25, 0.3) is 5.56 Å². The second kappa shape index (κ2) is 7.16. The van der Waals surface area contributed by atoms with E-state index in [1.165, 1.54) is 12.1 Å². The van der Waals surface area contributed by atoms with Gasteiger partial charge in [-0.15, -0.1) is 0 Å². The summed E-state index contributed by atoms with van der Waals surface area (Å²) < 4.78 is 1.96. The van der Waals surface area contributed by atoms with Gasteiger partial charge in [0.05, 0.1) is 6.10 Å². The highest BCUT2D eigenvalue weighted by Gasteiger charge is 2.34. The molecule has 5 heteroatoms. The first-order valence-corrected chi connectivity index (χ1v) is 8.93. The predicted molar refractivity (Wildman–Crippen MR) is 91.8 cm³/mol. The first-order valence-electron chi connectivity index (χ1n) is 8.93. The van der Waals surface area contributed by atoms with E-state index in [0.717, 1.165) is 45.8 Å². The van der Waals surface area contributed by atoms with Crippen LogP contribution in [0.2, 0.25) is 0 Å². The maximum absolute atomic E-state index is 12.0. The molecule has 2 bridgehead atoms. The molecule has 3 unspecified atom stereocenters. The van der Waals surface area contributed by atoms with Crippen LogP contribution in [0.4, 0.5) is 0 Å². The molecule has 0 amide bonds. The predicted octanol–water partition coefficient (Wildman–Crippen LogP) is 0.970. The number of pyridine rings is 1. The number of β-amino-alcohol motifs (C(OH)–C–C–N with tert-alkyl or cyclic N) is 1. The number of aromatic nitrogens is 1. The van der Waals surface area contributed by atoms with Crippen LogP contribution in [0, 0.1) is 5.92 Å². The normalized spacial score (nSPS) is 25.4. The van der Waals surface area contributed by atoms with Gasteiger partial charge >= 0.3 is 0 Å². The van der Waals surface area contributed by atoms with Crippen LogP contribution in [0.15, 0.2) is 23.0 Å². The highest BCUT2D eigenvalue weighted by atomic mass is 16.3. The van der Waals surface area contributed by atoms with Crippen LogP contribution in [0.5, 0.6) is 0 Å². The number of rotatable bonds is 6. The summed E-state index contributed by atoms with van der Waals surface area (Å²) in [5, 5.41) is 10.4. The fourth-order valence-electron chi connectivity index (χ4n) is 4.28. The number of hydrogen-bond donors (Lipinski definition) is 1. The Kier molecular flexibility index (Phi) is 5.19. The largest absolute Gasteiger partial charge is 0.390 e. The topological polar surface area (TPSA) is 48.7 Å². The molecule has 0 saturated carbocycles. The molecule has 0 radical (unpaired) electrons. The Labute approximate surface area is 138 Å². The second-order valence-electron chi connectivity index (χ2n) is 7.06. The molecule has 1 N–H and O–H groups in total. The third kappa shape index (κ3) is 3.67. The lowest BCUT2D eigenvalue weighted by Crippen LogP contribution is -2.50. The Balaban J connectivity index is 1.65. The molecule has 1 fully saturated rings. The van der Waals surface area contributed by atoms with Gasteiger partial charge in [0, 0.05) is 50.4 Å². The van der Waals surface area contributed by atoms with Gasteiger partial charge in [0.2, 0.25) is 0 Å². The summed E-state index contributed by atoms with van der Waals surface area (Å²) in [6.45, 7) is 10.5. The van der Waals surface area contributed by atoms with E-state index in [9.17, 15) is 9.90 Å². The first-order chi connectivity index (χ1) is 11.1. The zero-order valence-electron chi connectivity index (χ0n) is 14.3. The van der Waals surface area contributed by atoms with E-state index in [-0.39, 0.29) is 11.7 Å². The van der Waals surface area contributed by atoms with Gasteiger partial charge < -0.3 is 14.6 Å². The highest BCUT2D eigenvalue weighted by molar-refractivity contribution is 5.16. The maximum atomic E-state index is 12.0. The summed E-state index contributed by atoms with van der Waals surface area (Å²) in [5.41, 5.74) is 1.31. The fraction of sp³-hybridized carbons (Fsp3) is 0.722. The van der Waals surface area contributed by atoms with Gasteiger partial charge in [0.1, 0.15) is 0 Å². The highest BCUT2D eigenvalue weighted by Crippen LogP contribution is 2.34. The number of likely N-dealkylation sites (N-methyl/N-ethyl adjacent to an activating group) is 1. The smallest absolute Gasteiger partial charge is 0.250 e. The number of piperidine rings is 1. The molecule has 1 aromatic rings. The van der Waals surface area contributed by atoms with Crippen LogP contribution in [0.3, 0.4) is 0 Å². The molecule has 2 aliphatic heterocycles. The lowest BCUT2D eigenvalue weighted by molar-refractivity contribution is 0.0444. The molecule has 3 heterocycles. The zero-order valence-corrected chi connectivity index (χ0v) is 14.3. The average Bonchev–Trinajstić information content (AvgIpc) is 2.53. The van der Waals surface area contributed by atoms with Crippen molar-refractivity contribution in [3.05, 3.63) is 34.2 Å². The molecule has 0 spiro atoms. The number of nitrogens with zero attached hydrogens (tertiary/aromatic N) is 3. The van der Waals surface area contributed by atoms with Crippen molar-refractivity contribution in [2.24, 2.45) is 5.92 Å². The van der Waals surface area contributed by atoms with E-state index in [0.29, 0.717) is 11.8 Å². The molecule has 5 nitrogen and oxygen atoms in total. The molecule has 23 heavy (non-hydrogen) atoms. The summed E-state index contributed by atoms with van der Waals surface area (Å²) in [6, 6.07) is 5.64.